The highest BCUT2D eigenvalue weighted by Gasteiger charge is 2.22. The van der Waals surface area contributed by atoms with Gasteiger partial charge in [0.15, 0.2) is 0 Å². The van der Waals surface area contributed by atoms with E-state index in [1.165, 1.54) is 0 Å². The van der Waals surface area contributed by atoms with E-state index in [0.717, 1.165) is 19.6 Å². The Bertz CT molecular complexity index is 175. The van der Waals surface area contributed by atoms with Gasteiger partial charge in [0.25, 0.3) is 0 Å². The van der Waals surface area contributed by atoms with Crippen LogP contribution in [0.25, 0.3) is 0 Å². The lowest BCUT2D eigenvalue weighted by Crippen LogP contribution is -2.55. The number of carbonyl (C=O) groups excluding carboxylic acids is 1. The fourth-order valence-corrected chi connectivity index (χ4v) is 1.45. The van der Waals surface area contributed by atoms with E-state index in [1.54, 1.807) is 7.05 Å². The fourth-order valence-electron chi connectivity index (χ4n) is 1.45. The van der Waals surface area contributed by atoms with Crippen molar-refractivity contribution in [1.82, 2.24) is 15.5 Å². The number of piperazine rings is 1. The first-order chi connectivity index (χ1) is 6.27. The standard InChI is InChI=1S/C8H17N3O2/c1-9-8(13)5-11-3-2-10-4-7(11)6-12/h7,10,12H,2-6H2,1H3,(H,9,13). The molecular formula is C8H17N3O2. The van der Waals surface area contributed by atoms with Crippen molar-refractivity contribution in [2.45, 2.75) is 6.04 Å². The zero-order valence-corrected chi connectivity index (χ0v) is 7.92. The van der Waals surface area contributed by atoms with E-state index in [9.17, 15) is 4.79 Å². The summed E-state index contributed by atoms with van der Waals surface area (Å²) in [7, 11) is 1.62. The Morgan fingerprint density at radius 2 is 2.54 bits per heavy atom. The molecule has 0 aromatic carbocycles. The molecule has 3 N–H and O–H groups in total. The van der Waals surface area contributed by atoms with E-state index in [2.05, 4.69) is 10.6 Å². The van der Waals surface area contributed by atoms with Crippen molar-refractivity contribution in [3.05, 3.63) is 0 Å². The molecule has 5 nitrogen and oxygen atoms in total. The van der Waals surface area contributed by atoms with Gasteiger partial charge in [0, 0.05) is 32.7 Å². The normalized spacial score (nSPS) is 24.3. The molecule has 1 saturated heterocycles. The summed E-state index contributed by atoms with van der Waals surface area (Å²) >= 11 is 0. The number of rotatable bonds is 3. The van der Waals surface area contributed by atoms with Crippen LogP contribution in [0.15, 0.2) is 0 Å². The number of hydrogen-bond acceptors (Lipinski definition) is 4. The number of aliphatic hydroxyl groups is 1. The maximum Gasteiger partial charge on any atom is 0.233 e. The van der Waals surface area contributed by atoms with Crippen molar-refractivity contribution in [1.29, 1.82) is 0 Å². The van der Waals surface area contributed by atoms with Crippen molar-refractivity contribution in [3.8, 4) is 0 Å². The van der Waals surface area contributed by atoms with Gasteiger partial charge in [0.05, 0.1) is 13.2 Å². The maximum absolute atomic E-state index is 11.1. The van der Waals surface area contributed by atoms with Crippen molar-refractivity contribution in [2.24, 2.45) is 0 Å². The Balaban J connectivity index is 2.40. The van der Waals surface area contributed by atoms with Gasteiger partial charge in [-0.2, -0.15) is 0 Å². The molecule has 76 valence electrons. The van der Waals surface area contributed by atoms with E-state index in [1.807, 2.05) is 4.90 Å². The largest absolute Gasteiger partial charge is 0.395 e. The number of likely N-dealkylation sites (N-methyl/N-ethyl adjacent to an activating group) is 1. The summed E-state index contributed by atoms with van der Waals surface area (Å²) in [5.41, 5.74) is 0. The number of nitrogens with zero attached hydrogens (tertiary/aromatic N) is 1. The van der Waals surface area contributed by atoms with Gasteiger partial charge < -0.3 is 15.7 Å². The van der Waals surface area contributed by atoms with Crippen LogP contribution < -0.4 is 10.6 Å². The summed E-state index contributed by atoms with van der Waals surface area (Å²) in [6.45, 7) is 2.94. The number of hydrogen-bond donors (Lipinski definition) is 3. The molecule has 5 heteroatoms. The second-order valence-corrected chi connectivity index (χ2v) is 3.18. The second-order valence-electron chi connectivity index (χ2n) is 3.18. The molecule has 0 saturated carbocycles. The van der Waals surface area contributed by atoms with Crippen molar-refractivity contribution in [2.75, 3.05) is 39.8 Å². The van der Waals surface area contributed by atoms with Crippen LogP contribution in [0, 0.1) is 0 Å². The number of amides is 1. The molecule has 13 heavy (non-hydrogen) atoms. The summed E-state index contributed by atoms with van der Waals surface area (Å²) in [5, 5.41) is 14.8. The molecular weight excluding hydrogens is 170 g/mol. The number of aliphatic hydroxyl groups excluding tert-OH is 1. The van der Waals surface area contributed by atoms with Gasteiger partial charge in [-0.1, -0.05) is 0 Å². The van der Waals surface area contributed by atoms with Crippen molar-refractivity contribution < 1.29 is 9.90 Å². The predicted octanol–water partition coefficient (Wildman–Crippen LogP) is -2.00. The van der Waals surface area contributed by atoms with Gasteiger partial charge in [-0.05, 0) is 0 Å². The first-order valence-electron chi connectivity index (χ1n) is 4.54. The zero-order chi connectivity index (χ0) is 9.68. The first kappa shape index (κ1) is 10.4. The lowest BCUT2D eigenvalue weighted by atomic mass is 10.2. The Morgan fingerprint density at radius 1 is 1.77 bits per heavy atom. The molecule has 0 aliphatic carbocycles. The monoisotopic (exact) mass is 187 g/mol. The minimum atomic E-state index is 0.000324. The Kier molecular flexibility index (Phi) is 4.14. The molecule has 1 heterocycles. The minimum absolute atomic E-state index is 0.000324. The molecule has 1 aliphatic rings. The SMILES string of the molecule is CNC(=O)CN1CCNCC1CO. The molecule has 0 radical (unpaired) electrons. The van der Waals surface area contributed by atoms with Crippen LogP contribution in [0.2, 0.25) is 0 Å². The smallest absolute Gasteiger partial charge is 0.233 e. The third-order valence-corrected chi connectivity index (χ3v) is 2.31. The van der Waals surface area contributed by atoms with E-state index < -0.39 is 0 Å². The summed E-state index contributed by atoms with van der Waals surface area (Å²) in [4.78, 5) is 13.1. The predicted molar refractivity (Wildman–Crippen MR) is 49.4 cm³/mol. The molecule has 0 spiro atoms. The molecule has 1 rings (SSSR count). The van der Waals surface area contributed by atoms with Crippen LogP contribution in [0.3, 0.4) is 0 Å². The van der Waals surface area contributed by atoms with Gasteiger partial charge in [-0.25, -0.2) is 0 Å². The lowest BCUT2D eigenvalue weighted by Gasteiger charge is -2.34. The van der Waals surface area contributed by atoms with Crippen LogP contribution in [0.4, 0.5) is 0 Å². The second kappa shape index (κ2) is 5.16. The Morgan fingerprint density at radius 3 is 3.15 bits per heavy atom. The number of nitrogens with one attached hydrogen (secondary N) is 2. The zero-order valence-electron chi connectivity index (χ0n) is 7.92. The van der Waals surface area contributed by atoms with Crippen molar-refractivity contribution in [3.63, 3.8) is 0 Å². The fraction of sp³-hybridized carbons (Fsp3) is 0.875. The molecule has 1 aliphatic heterocycles. The van der Waals surface area contributed by atoms with Gasteiger partial charge in [0.2, 0.25) is 5.91 Å². The van der Waals surface area contributed by atoms with E-state index in [0.29, 0.717) is 6.54 Å². The third-order valence-electron chi connectivity index (χ3n) is 2.31. The highest BCUT2D eigenvalue weighted by atomic mass is 16.3. The summed E-state index contributed by atoms with van der Waals surface area (Å²) in [5.74, 6) is 0.000324. The molecule has 1 atom stereocenters. The summed E-state index contributed by atoms with van der Waals surface area (Å²) in [6, 6.07) is 0.0750. The molecule has 0 aromatic heterocycles. The molecule has 1 amide bonds. The summed E-state index contributed by atoms with van der Waals surface area (Å²) in [6.07, 6.45) is 0. The van der Waals surface area contributed by atoms with E-state index >= 15 is 0 Å². The average Bonchev–Trinajstić information content (AvgIpc) is 2.18. The highest BCUT2D eigenvalue weighted by Crippen LogP contribution is 2.01. The Hall–Kier alpha value is -0.650. The highest BCUT2D eigenvalue weighted by molar-refractivity contribution is 5.77. The molecule has 1 fully saturated rings. The van der Waals surface area contributed by atoms with E-state index in [-0.39, 0.29) is 18.6 Å². The van der Waals surface area contributed by atoms with Crippen LogP contribution >= 0.6 is 0 Å². The number of carbonyl (C=O) groups is 1. The van der Waals surface area contributed by atoms with E-state index in [4.69, 9.17) is 5.11 Å². The van der Waals surface area contributed by atoms with Gasteiger partial charge >= 0.3 is 0 Å². The average molecular weight is 187 g/mol. The minimum Gasteiger partial charge on any atom is -0.395 e. The van der Waals surface area contributed by atoms with Crippen LogP contribution in [0.5, 0.6) is 0 Å². The quantitative estimate of drug-likeness (QED) is 0.478. The van der Waals surface area contributed by atoms with Crippen LogP contribution in [-0.4, -0.2) is 61.8 Å². The van der Waals surface area contributed by atoms with Gasteiger partial charge in [-0.15, -0.1) is 0 Å². The van der Waals surface area contributed by atoms with Gasteiger partial charge in [0.1, 0.15) is 0 Å². The van der Waals surface area contributed by atoms with Crippen molar-refractivity contribution >= 4 is 5.91 Å². The third kappa shape index (κ3) is 2.95. The maximum atomic E-state index is 11.1. The summed E-state index contributed by atoms with van der Waals surface area (Å²) < 4.78 is 0. The topological polar surface area (TPSA) is 64.6 Å². The van der Waals surface area contributed by atoms with Gasteiger partial charge in [-0.3, -0.25) is 9.69 Å². The molecule has 0 bridgehead atoms. The molecule has 1 unspecified atom stereocenters. The lowest BCUT2D eigenvalue weighted by molar-refractivity contribution is -0.122. The van der Waals surface area contributed by atoms with Crippen LogP contribution in [-0.2, 0) is 4.79 Å². The first-order valence-corrected chi connectivity index (χ1v) is 4.54. The van der Waals surface area contributed by atoms with Crippen LogP contribution in [0.1, 0.15) is 0 Å². The Labute approximate surface area is 78.1 Å². The molecule has 0 aromatic rings.